The van der Waals surface area contributed by atoms with Crippen LogP contribution in [0.3, 0.4) is 0 Å². The van der Waals surface area contributed by atoms with Crippen LogP contribution in [0.4, 0.5) is 11.4 Å². The van der Waals surface area contributed by atoms with Gasteiger partial charge in [0.25, 0.3) is 11.8 Å². The van der Waals surface area contributed by atoms with Crippen molar-refractivity contribution in [1.82, 2.24) is 9.38 Å². The number of anilines is 2. The average molecular weight is 398 g/mol. The lowest BCUT2D eigenvalue weighted by atomic mass is 10.1. The second-order valence-corrected chi connectivity index (χ2v) is 7.19. The normalized spacial score (nSPS) is 10.8. The van der Waals surface area contributed by atoms with Gasteiger partial charge in [0, 0.05) is 24.6 Å². The Bertz CT molecular complexity index is 1240. The number of rotatable bonds is 4. The Balaban J connectivity index is 1.71. The van der Waals surface area contributed by atoms with E-state index in [4.69, 9.17) is 0 Å². The van der Waals surface area contributed by atoms with Crippen molar-refractivity contribution in [1.29, 1.82) is 0 Å². The highest BCUT2D eigenvalue weighted by atomic mass is 16.2. The number of nitrogens with one attached hydrogen (secondary N) is 1. The zero-order valence-electron chi connectivity index (χ0n) is 17.1. The highest BCUT2D eigenvalue weighted by Crippen LogP contribution is 2.20. The zero-order valence-corrected chi connectivity index (χ0v) is 17.1. The molecule has 0 unspecified atom stereocenters. The Morgan fingerprint density at radius 3 is 2.40 bits per heavy atom. The van der Waals surface area contributed by atoms with Gasteiger partial charge in [0.15, 0.2) is 5.69 Å². The lowest BCUT2D eigenvalue weighted by molar-refractivity contribution is 0.0982. The van der Waals surface area contributed by atoms with Gasteiger partial charge >= 0.3 is 0 Å². The first kappa shape index (κ1) is 19.4. The lowest BCUT2D eigenvalue weighted by Gasteiger charge is -2.16. The summed E-state index contributed by atoms with van der Waals surface area (Å²) in [4.78, 5) is 32.1. The minimum absolute atomic E-state index is 0.183. The quantitative estimate of drug-likeness (QED) is 0.551. The number of aromatic nitrogens is 2. The van der Waals surface area contributed by atoms with Crippen molar-refractivity contribution in [2.45, 2.75) is 13.8 Å². The first-order valence-corrected chi connectivity index (χ1v) is 9.64. The molecule has 6 heteroatoms. The van der Waals surface area contributed by atoms with Crippen molar-refractivity contribution in [3.63, 3.8) is 0 Å². The summed E-state index contributed by atoms with van der Waals surface area (Å²) in [7, 11) is 1.69. The molecule has 30 heavy (non-hydrogen) atoms. The smallest absolute Gasteiger partial charge is 0.294 e. The van der Waals surface area contributed by atoms with Gasteiger partial charge < -0.3 is 10.2 Å². The van der Waals surface area contributed by atoms with Crippen LogP contribution in [0.2, 0.25) is 0 Å². The molecular formula is C24H22N4O2. The Kier molecular flexibility index (Phi) is 5.06. The molecule has 1 N–H and O–H groups in total. The Morgan fingerprint density at radius 1 is 0.933 bits per heavy atom. The molecule has 0 aliphatic rings. The van der Waals surface area contributed by atoms with E-state index in [0.717, 1.165) is 16.8 Å². The number of fused-ring (bicyclic) bond motifs is 1. The molecule has 2 aromatic carbocycles. The van der Waals surface area contributed by atoms with Gasteiger partial charge in [-0.1, -0.05) is 30.3 Å². The summed E-state index contributed by atoms with van der Waals surface area (Å²) < 4.78 is 1.65. The van der Waals surface area contributed by atoms with Crippen LogP contribution >= 0.6 is 0 Å². The number of hydrogen-bond donors (Lipinski definition) is 1. The van der Waals surface area contributed by atoms with Gasteiger partial charge in [0.05, 0.1) is 5.52 Å². The minimum Gasteiger partial charge on any atom is -0.321 e. The van der Waals surface area contributed by atoms with Crippen LogP contribution in [0, 0.1) is 13.8 Å². The highest BCUT2D eigenvalue weighted by molar-refractivity contribution is 6.10. The maximum atomic E-state index is 13.1. The van der Waals surface area contributed by atoms with Crippen molar-refractivity contribution in [3.8, 4) is 0 Å². The van der Waals surface area contributed by atoms with Crippen LogP contribution in [-0.4, -0.2) is 28.2 Å². The molecule has 2 heterocycles. The maximum absolute atomic E-state index is 13.1. The second kappa shape index (κ2) is 7.83. The molecule has 0 aliphatic heterocycles. The van der Waals surface area contributed by atoms with Crippen LogP contribution in [0.1, 0.15) is 32.2 Å². The van der Waals surface area contributed by atoms with Crippen LogP contribution in [0.25, 0.3) is 5.52 Å². The van der Waals surface area contributed by atoms with Gasteiger partial charge in [-0.3, -0.25) is 14.0 Å². The fraction of sp³-hybridized carbons (Fsp3) is 0.125. The predicted octanol–water partition coefficient (Wildman–Crippen LogP) is 4.48. The van der Waals surface area contributed by atoms with E-state index in [2.05, 4.69) is 10.3 Å². The fourth-order valence-corrected chi connectivity index (χ4v) is 3.28. The number of carbonyl (C=O) groups excluding carboxylic acids is 2. The number of hydrogen-bond acceptors (Lipinski definition) is 3. The van der Waals surface area contributed by atoms with Crippen molar-refractivity contribution >= 4 is 28.7 Å². The Hall–Kier alpha value is -3.93. The standard InChI is InChI=1S/C24H22N4O2/c1-16-12-13-18(15-17(16)2)25-23(29)21-20-11-7-8-14-28(20)22(26-21)24(30)27(3)19-9-5-4-6-10-19/h4-15H,1-3H3,(H,25,29). The van der Waals surface area contributed by atoms with Crippen molar-refractivity contribution in [2.24, 2.45) is 0 Å². The molecule has 0 atom stereocenters. The third-order valence-corrected chi connectivity index (χ3v) is 5.17. The molecule has 2 amide bonds. The van der Waals surface area contributed by atoms with E-state index in [-0.39, 0.29) is 23.3 Å². The van der Waals surface area contributed by atoms with E-state index >= 15 is 0 Å². The molecule has 0 aliphatic carbocycles. The SMILES string of the molecule is Cc1ccc(NC(=O)c2nc(C(=O)N(C)c3ccccc3)n3ccccc23)cc1C. The number of imidazole rings is 1. The molecule has 0 saturated heterocycles. The number of pyridine rings is 1. The Morgan fingerprint density at radius 2 is 1.67 bits per heavy atom. The second-order valence-electron chi connectivity index (χ2n) is 7.19. The summed E-state index contributed by atoms with van der Waals surface area (Å²) in [6.45, 7) is 4.01. The van der Waals surface area contributed by atoms with E-state index < -0.39 is 0 Å². The molecule has 6 nitrogen and oxygen atoms in total. The van der Waals surface area contributed by atoms with Gasteiger partial charge in [-0.05, 0) is 61.4 Å². The van der Waals surface area contributed by atoms with Crippen molar-refractivity contribution < 1.29 is 9.59 Å². The average Bonchev–Trinajstić information content (AvgIpc) is 3.16. The Labute approximate surface area is 174 Å². The van der Waals surface area contributed by atoms with E-state index in [1.54, 1.807) is 29.8 Å². The van der Waals surface area contributed by atoms with Crippen LogP contribution in [-0.2, 0) is 0 Å². The third-order valence-electron chi connectivity index (χ3n) is 5.17. The molecule has 4 rings (SSSR count). The van der Waals surface area contributed by atoms with Gasteiger partial charge in [0.2, 0.25) is 5.82 Å². The fourth-order valence-electron chi connectivity index (χ4n) is 3.28. The molecule has 2 aromatic heterocycles. The van der Waals surface area contributed by atoms with Crippen LogP contribution in [0.5, 0.6) is 0 Å². The van der Waals surface area contributed by atoms with E-state index in [1.165, 1.54) is 4.90 Å². The molecule has 4 aromatic rings. The summed E-state index contributed by atoms with van der Waals surface area (Å²) in [5.74, 6) is -0.474. The molecular weight excluding hydrogens is 376 g/mol. The third kappa shape index (κ3) is 3.55. The topological polar surface area (TPSA) is 66.7 Å². The summed E-state index contributed by atoms with van der Waals surface area (Å²) in [6, 6.07) is 20.5. The molecule has 0 fully saturated rings. The molecule has 0 radical (unpaired) electrons. The number of aryl methyl sites for hydroxylation is 2. The zero-order chi connectivity index (χ0) is 21.3. The summed E-state index contributed by atoms with van der Waals surface area (Å²) in [5, 5.41) is 2.89. The van der Waals surface area contributed by atoms with Gasteiger partial charge in [0.1, 0.15) is 0 Å². The molecule has 0 bridgehead atoms. The summed E-state index contributed by atoms with van der Waals surface area (Å²) in [5.41, 5.74) is 4.45. The predicted molar refractivity (Wildman–Crippen MR) is 118 cm³/mol. The molecule has 0 spiro atoms. The van der Waals surface area contributed by atoms with Gasteiger partial charge in [-0.2, -0.15) is 0 Å². The largest absolute Gasteiger partial charge is 0.321 e. The minimum atomic E-state index is -0.358. The summed E-state index contributed by atoms with van der Waals surface area (Å²) in [6.07, 6.45) is 1.74. The van der Waals surface area contributed by atoms with Gasteiger partial charge in [-0.15, -0.1) is 0 Å². The number of carbonyl (C=O) groups is 2. The lowest BCUT2D eigenvalue weighted by Crippen LogP contribution is -2.28. The molecule has 150 valence electrons. The van der Waals surface area contributed by atoms with E-state index in [0.29, 0.717) is 11.2 Å². The number of benzene rings is 2. The van der Waals surface area contributed by atoms with E-state index in [1.807, 2.05) is 68.4 Å². The highest BCUT2D eigenvalue weighted by Gasteiger charge is 2.24. The number of nitrogens with zero attached hydrogens (tertiary/aromatic N) is 3. The number of amides is 2. The van der Waals surface area contributed by atoms with E-state index in [9.17, 15) is 9.59 Å². The molecule has 0 saturated carbocycles. The maximum Gasteiger partial charge on any atom is 0.294 e. The number of para-hydroxylation sites is 1. The monoisotopic (exact) mass is 398 g/mol. The van der Waals surface area contributed by atoms with Crippen LogP contribution < -0.4 is 10.2 Å². The van der Waals surface area contributed by atoms with Crippen LogP contribution in [0.15, 0.2) is 72.9 Å². The van der Waals surface area contributed by atoms with Crippen molar-refractivity contribution in [2.75, 3.05) is 17.3 Å². The first-order chi connectivity index (χ1) is 14.5. The van der Waals surface area contributed by atoms with Gasteiger partial charge in [-0.25, -0.2) is 4.98 Å². The summed E-state index contributed by atoms with van der Waals surface area (Å²) >= 11 is 0. The van der Waals surface area contributed by atoms with Crippen molar-refractivity contribution in [3.05, 3.63) is 95.6 Å². The first-order valence-electron chi connectivity index (χ1n) is 9.64.